The van der Waals surface area contributed by atoms with Crippen LogP contribution < -0.4 is 10.2 Å². The van der Waals surface area contributed by atoms with Crippen LogP contribution in [-0.4, -0.2) is 71.8 Å². The van der Waals surface area contributed by atoms with Crippen molar-refractivity contribution < 1.29 is 28.2 Å². The molecule has 0 radical (unpaired) electrons. The molecule has 2 fully saturated rings. The molecule has 1 saturated heterocycles. The van der Waals surface area contributed by atoms with Gasteiger partial charge >= 0.3 is 6.18 Å². The highest BCUT2D eigenvalue weighted by Gasteiger charge is 2.45. The van der Waals surface area contributed by atoms with Crippen LogP contribution >= 0.6 is 0 Å². The van der Waals surface area contributed by atoms with Gasteiger partial charge in [0.25, 0.3) is 0 Å². The Labute approximate surface area is 197 Å². The summed E-state index contributed by atoms with van der Waals surface area (Å²) in [5.41, 5.74) is 0.150. The summed E-state index contributed by atoms with van der Waals surface area (Å²) in [4.78, 5) is 30.7. The highest BCUT2D eigenvalue weighted by molar-refractivity contribution is 5.83. The third-order valence-electron chi connectivity index (χ3n) is 6.82. The summed E-state index contributed by atoms with van der Waals surface area (Å²) in [6, 6.07) is 1.78. The Morgan fingerprint density at radius 3 is 2.60 bits per heavy atom. The molecule has 35 heavy (non-hydrogen) atoms. The number of anilines is 2. The van der Waals surface area contributed by atoms with Gasteiger partial charge in [-0.1, -0.05) is 0 Å². The minimum absolute atomic E-state index is 0.0525. The molecule has 0 spiro atoms. The maximum atomic E-state index is 12.8. The monoisotopic (exact) mass is 491 g/mol. The fraction of sp³-hybridized carbons (Fsp3) is 0.500. The Kier molecular flexibility index (Phi) is 5.83. The van der Waals surface area contributed by atoms with Gasteiger partial charge in [0, 0.05) is 31.2 Å². The van der Waals surface area contributed by atoms with E-state index in [9.17, 15) is 28.2 Å². The number of pyridine rings is 1. The number of hydrogen-bond donors (Lipinski definition) is 3. The van der Waals surface area contributed by atoms with Gasteiger partial charge in [-0.3, -0.25) is 4.79 Å². The number of ketones is 1. The minimum atomic E-state index is -4.43. The van der Waals surface area contributed by atoms with Crippen LogP contribution in [0.4, 0.5) is 24.8 Å². The molecule has 0 aromatic carbocycles. The summed E-state index contributed by atoms with van der Waals surface area (Å²) in [6.45, 7) is 2.51. The first-order valence-electron chi connectivity index (χ1n) is 11.2. The molecule has 186 valence electrons. The van der Waals surface area contributed by atoms with Crippen LogP contribution in [-0.2, 0) is 11.0 Å². The third-order valence-corrected chi connectivity index (χ3v) is 6.82. The highest BCUT2D eigenvalue weighted by Crippen LogP contribution is 2.38. The smallest absolute Gasteiger partial charge is 0.390 e. The van der Waals surface area contributed by atoms with Gasteiger partial charge in [0.05, 0.1) is 24.0 Å². The average molecular weight is 491 g/mol. The quantitative estimate of drug-likeness (QED) is 0.489. The standard InChI is InChI=1S/C22H24F3N7O3/c1-11(33)14-6-15(19(35)18(14)34)32-10-29-17-20(27-9-28-21(17)32)30-13-4-5-31(8-13)16-3-2-12(7-26-16)22(23,24)25/h2-3,7,9-10,13-15,18-19,34-35H,4-6,8H2,1H3,(H,27,28,30)/t13-,14+,15+,18+,19-/m0/s1. The number of alkyl halides is 3. The van der Waals surface area contributed by atoms with Crippen molar-refractivity contribution in [1.82, 2.24) is 24.5 Å². The summed E-state index contributed by atoms with van der Waals surface area (Å²) in [5.74, 6) is 0.106. The third kappa shape index (κ3) is 4.29. The van der Waals surface area contributed by atoms with E-state index >= 15 is 0 Å². The first-order chi connectivity index (χ1) is 16.6. The molecular formula is C22H24F3N7O3. The largest absolute Gasteiger partial charge is 0.417 e. The Bertz CT molecular complexity index is 1230. The number of carbonyl (C=O) groups is 1. The first kappa shape index (κ1) is 23.4. The van der Waals surface area contributed by atoms with Crippen molar-refractivity contribution in [2.75, 3.05) is 23.3 Å². The number of aliphatic hydroxyl groups is 2. The maximum Gasteiger partial charge on any atom is 0.417 e. The zero-order valence-corrected chi connectivity index (χ0v) is 18.7. The number of halogens is 3. The molecule has 3 aromatic rings. The maximum absolute atomic E-state index is 12.8. The predicted molar refractivity (Wildman–Crippen MR) is 119 cm³/mol. The molecule has 5 atom stereocenters. The number of nitrogens with zero attached hydrogens (tertiary/aromatic N) is 6. The zero-order valence-electron chi connectivity index (χ0n) is 18.7. The molecule has 3 N–H and O–H groups in total. The first-order valence-corrected chi connectivity index (χ1v) is 11.2. The van der Waals surface area contributed by atoms with E-state index in [-0.39, 0.29) is 18.2 Å². The van der Waals surface area contributed by atoms with E-state index in [1.54, 1.807) is 4.57 Å². The van der Waals surface area contributed by atoms with Crippen molar-refractivity contribution in [2.45, 2.75) is 50.2 Å². The second-order valence-corrected chi connectivity index (χ2v) is 9.03. The molecule has 1 aliphatic heterocycles. The molecule has 1 aliphatic carbocycles. The molecule has 0 bridgehead atoms. The molecule has 3 aromatic heterocycles. The van der Waals surface area contributed by atoms with Crippen LogP contribution in [0.5, 0.6) is 0 Å². The lowest BCUT2D eigenvalue weighted by atomic mass is 10.0. The Hall–Kier alpha value is -3.32. The van der Waals surface area contributed by atoms with E-state index in [1.165, 1.54) is 25.6 Å². The second-order valence-electron chi connectivity index (χ2n) is 9.03. The van der Waals surface area contributed by atoms with Crippen LogP contribution in [0.15, 0.2) is 31.0 Å². The summed E-state index contributed by atoms with van der Waals surface area (Å²) in [6.07, 6.45) is -2.02. The summed E-state index contributed by atoms with van der Waals surface area (Å²) >= 11 is 0. The van der Waals surface area contributed by atoms with Gasteiger partial charge in [-0.05, 0) is 31.9 Å². The molecule has 5 rings (SSSR count). The summed E-state index contributed by atoms with van der Waals surface area (Å²) < 4.78 is 40.1. The number of hydrogen-bond acceptors (Lipinski definition) is 9. The Morgan fingerprint density at radius 1 is 1.14 bits per heavy atom. The van der Waals surface area contributed by atoms with Crippen LogP contribution in [0.3, 0.4) is 0 Å². The van der Waals surface area contributed by atoms with Crippen LogP contribution in [0.2, 0.25) is 0 Å². The fourth-order valence-electron chi connectivity index (χ4n) is 4.91. The van der Waals surface area contributed by atoms with E-state index in [0.29, 0.717) is 42.3 Å². The molecule has 0 unspecified atom stereocenters. The number of rotatable bonds is 5. The van der Waals surface area contributed by atoms with E-state index in [0.717, 1.165) is 12.3 Å². The normalized spacial score (nSPS) is 27.0. The number of carbonyl (C=O) groups excluding carboxylic acids is 1. The highest BCUT2D eigenvalue weighted by atomic mass is 19.4. The van der Waals surface area contributed by atoms with Gasteiger partial charge in [-0.15, -0.1) is 0 Å². The van der Waals surface area contributed by atoms with Crippen LogP contribution in [0.25, 0.3) is 11.2 Å². The molecule has 0 amide bonds. The molecule has 13 heteroatoms. The van der Waals surface area contributed by atoms with Crippen molar-refractivity contribution in [1.29, 1.82) is 0 Å². The van der Waals surface area contributed by atoms with Gasteiger partial charge in [-0.25, -0.2) is 19.9 Å². The molecule has 10 nitrogen and oxygen atoms in total. The SMILES string of the molecule is CC(=O)[C@H]1C[C@@H](n2cnc3c(N[C@H]4CCN(c5ccc(C(F)(F)F)cn5)C4)ncnc32)[C@H](O)[C@@H]1O. The summed E-state index contributed by atoms with van der Waals surface area (Å²) in [5, 5.41) is 24.1. The lowest BCUT2D eigenvalue weighted by molar-refractivity contribution is -0.137. The molecular weight excluding hydrogens is 467 g/mol. The van der Waals surface area contributed by atoms with Gasteiger partial charge in [0.15, 0.2) is 11.5 Å². The van der Waals surface area contributed by atoms with E-state index in [1.807, 2.05) is 4.90 Å². The average Bonchev–Trinajstić information content (AvgIpc) is 3.52. The number of aromatic nitrogens is 5. The van der Waals surface area contributed by atoms with Crippen LogP contribution in [0.1, 0.15) is 31.4 Å². The van der Waals surface area contributed by atoms with E-state index in [2.05, 4.69) is 25.3 Å². The minimum Gasteiger partial charge on any atom is -0.390 e. The van der Waals surface area contributed by atoms with Crippen molar-refractivity contribution in [3.63, 3.8) is 0 Å². The van der Waals surface area contributed by atoms with Gasteiger partial charge in [0.1, 0.15) is 29.5 Å². The lowest BCUT2D eigenvalue weighted by Crippen LogP contribution is -2.31. The summed E-state index contributed by atoms with van der Waals surface area (Å²) in [7, 11) is 0. The van der Waals surface area contributed by atoms with Crippen LogP contribution in [0, 0.1) is 5.92 Å². The van der Waals surface area contributed by atoms with Crippen molar-refractivity contribution >= 4 is 28.6 Å². The van der Waals surface area contributed by atoms with E-state index < -0.39 is 35.9 Å². The predicted octanol–water partition coefficient (Wildman–Crippen LogP) is 1.80. The van der Waals surface area contributed by atoms with Gasteiger partial charge < -0.3 is 25.0 Å². The molecule has 1 saturated carbocycles. The van der Waals surface area contributed by atoms with E-state index in [4.69, 9.17) is 0 Å². The van der Waals surface area contributed by atoms with Crippen molar-refractivity contribution in [3.8, 4) is 0 Å². The number of Topliss-reactive ketones (excluding diaryl/α,β-unsaturated/α-hetero) is 1. The Morgan fingerprint density at radius 2 is 1.94 bits per heavy atom. The topological polar surface area (TPSA) is 129 Å². The number of nitrogens with one attached hydrogen (secondary N) is 1. The Balaban J connectivity index is 1.31. The van der Waals surface area contributed by atoms with Gasteiger partial charge in [-0.2, -0.15) is 13.2 Å². The molecule has 2 aliphatic rings. The van der Waals surface area contributed by atoms with Crippen molar-refractivity contribution in [3.05, 3.63) is 36.5 Å². The lowest BCUT2D eigenvalue weighted by Gasteiger charge is -2.19. The molecule has 4 heterocycles. The van der Waals surface area contributed by atoms with Gasteiger partial charge in [0.2, 0.25) is 0 Å². The fourth-order valence-corrected chi connectivity index (χ4v) is 4.91. The number of aliphatic hydroxyl groups excluding tert-OH is 2. The van der Waals surface area contributed by atoms with Crippen molar-refractivity contribution in [2.24, 2.45) is 5.92 Å². The zero-order chi connectivity index (χ0) is 24.9. The second kappa shape index (κ2) is 8.72. The number of fused-ring (bicyclic) bond motifs is 1. The number of imidazole rings is 1.